The summed E-state index contributed by atoms with van der Waals surface area (Å²) >= 11 is 0. The number of carbonyl (C=O) groups excluding carboxylic acids is 2. The molecule has 0 radical (unpaired) electrons. The number of rotatable bonds is 2. The van der Waals surface area contributed by atoms with E-state index < -0.39 is 63.8 Å². The summed E-state index contributed by atoms with van der Waals surface area (Å²) in [5.41, 5.74) is -9.07. The number of alkyl halides is 6. The Morgan fingerprint density at radius 1 is 0.613 bits per heavy atom. The largest absolute Gasteiger partial charge is 0.411 e. The number of ether oxygens (including phenoxy) is 2. The smallest absolute Gasteiger partial charge is 0.404 e. The molecule has 2 aliphatic rings. The lowest BCUT2D eigenvalue weighted by Gasteiger charge is -2.38. The van der Waals surface area contributed by atoms with Crippen molar-refractivity contribution in [3.63, 3.8) is 0 Å². The van der Waals surface area contributed by atoms with E-state index in [1.54, 1.807) is 0 Å². The van der Waals surface area contributed by atoms with E-state index >= 15 is 0 Å². The first-order chi connectivity index (χ1) is 14.3. The summed E-state index contributed by atoms with van der Waals surface area (Å²) in [4.78, 5) is 23.6. The molecule has 0 saturated heterocycles. The first-order valence-corrected chi connectivity index (χ1v) is 8.33. The SMILES string of the molecule is N=C1OC(=O)c2cc(C(c3ccc4c(c3)C(=O)OC4=N)(C(F)(F)F)C(F)(F)F)ccc21. The van der Waals surface area contributed by atoms with Gasteiger partial charge in [0.05, 0.1) is 22.3 Å². The molecule has 0 aromatic heterocycles. The summed E-state index contributed by atoms with van der Waals surface area (Å²) in [7, 11) is 0. The van der Waals surface area contributed by atoms with Crippen LogP contribution in [0.25, 0.3) is 0 Å². The van der Waals surface area contributed by atoms with E-state index in [0.717, 1.165) is 12.1 Å². The zero-order chi connectivity index (χ0) is 22.9. The Kier molecular flexibility index (Phi) is 4.08. The molecule has 2 heterocycles. The third-order valence-corrected chi connectivity index (χ3v) is 5.07. The molecule has 0 bridgehead atoms. The van der Waals surface area contributed by atoms with Crippen LogP contribution in [0, 0.1) is 10.8 Å². The predicted octanol–water partition coefficient (Wildman–Crippen LogP) is 4.09. The number of halogens is 6. The van der Waals surface area contributed by atoms with Crippen LogP contribution in [-0.4, -0.2) is 36.1 Å². The molecule has 0 aliphatic carbocycles. The molecule has 0 saturated carbocycles. The van der Waals surface area contributed by atoms with Gasteiger partial charge >= 0.3 is 24.3 Å². The van der Waals surface area contributed by atoms with Crippen molar-refractivity contribution in [1.29, 1.82) is 10.8 Å². The number of hydrogen-bond donors (Lipinski definition) is 2. The van der Waals surface area contributed by atoms with Gasteiger partial charge in [0.15, 0.2) is 0 Å². The topological polar surface area (TPSA) is 100 Å². The predicted molar refractivity (Wildman–Crippen MR) is 90.3 cm³/mol. The van der Waals surface area contributed by atoms with Gasteiger partial charge in [-0.05, 0) is 35.4 Å². The van der Waals surface area contributed by atoms with E-state index in [1.807, 2.05) is 0 Å². The van der Waals surface area contributed by atoms with Gasteiger partial charge in [-0.15, -0.1) is 0 Å². The Hall–Kier alpha value is -3.70. The lowest BCUT2D eigenvalue weighted by atomic mass is 9.71. The summed E-state index contributed by atoms with van der Waals surface area (Å²) in [5.74, 6) is -3.91. The highest BCUT2D eigenvalue weighted by Crippen LogP contribution is 2.56. The maximum absolute atomic E-state index is 14.3. The van der Waals surface area contributed by atoms with Gasteiger partial charge in [0.25, 0.3) is 0 Å². The molecular weight excluding hydrogens is 434 g/mol. The van der Waals surface area contributed by atoms with Crippen LogP contribution in [-0.2, 0) is 14.9 Å². The average Bonchev–Trinajstić information content (AvgIpc) is 3.09. The van der Waals surface area contributed by atoms with E-state index in [1.165, 1.54) is 0 Å². The average molecular weight is 442 g/mol. The highest BCUT2D eigenvalue weighted by molar-refractivity contribution is 6.16. The van der Waals surface area contributed by atoms with Crippen molar-refractivity contribution in [2.45, 2.75) is 17.8 Å². The first-order valence-electron chi connectivity index (χ1n) is 8.33. The van der Waals surface area contributed by atoms with Gasteiger partial charge < -0.3 is 9.47 Å². The molecule has 0 spiro atoms. The minimum Gasteiger partial charge on any atom is -0.404 e. The first kappa shape index (κ1) is 20.6. The Morgan fingerprint density at radius 3 is 1.29 bits per heavy atom. The Bertz CT molecular complexity index is 1110. The third kappa shape index (κ3) is 2.67. The second-order valence-electron chi connectivity index (χ2n) is 6.70. The van der Waals surface area contributed by atoms with Gasteiger partial charge in [0, 0.05) is 0 Å². The lowest BCUT2D eigenvalue weighted by Crippen LogP contribution is -2.55. The van der Waals surface area contributed by atoms with Crippen LogP contribution >= 0.6 is 0 Å². The fourth-order valence-corrected chi connectivity index (χ4v) is 3.68. The van der Waals surface area contributed by atoms with Crippen molar-refractivity contribution in [1.82, 2.24) is 0 Å². The van der Waals surface area contributed by atoms with Crippen LogP contribution in [0.2, 0.25) is 0 Å². The monoisotopic (exact) mass is 442 g/mol. The van der Waals surface area contributed by atoms with Crippen LogP contribution in [0.5, 0.6) is 0 Å². The van der Waals surface area contributed by atoms with Gasteiger partial charge in [-0.2, -0.15) is 26.3 Å². The molecule has 2 aliphatic heterocycles. The van der Waals surface area contributed by atoms with Crippen molar-refractivity contribution >= 4 is 23.7 Å². The quantitative estimate of drug-likeness (QED) is 0.541. The van der Waals surface area contributed by atoms with Crippen molar-refractivity contribution < 1.29 is 45.4 Å². The zero-order valence-electron chi connectivity index (χ0n) is 14.9. The zero-order valence-corrected chi connectivity index (χ0v) is 14.9. The highest BCUT2D eigenvalue weighted by Gasteiger charge is 2.72. The molecule has 2 aromatic rings. The molecule has 0 atom stereocenters. The lowest BCUT2D eigenvalue weighted by molar-refractivity contribution is -0.288. The number of nitrogens with one attached hydrogen (secondary N) is 2. The second-order valence-corrected chi connectivity index (χ2v) is 6.70. The number of fused-ring (bicyclic) bond motifs is 2. The number of esters is 2. The van der Waals surface area contributed by atoms with Crippen LogP contribution in [0.4, 0.5) is 26.3 Å². The third-order valence-electron chi connectivity index (χ3n) is 5.07. The summed E-state index contributed by atoms with van der Waals surface area (Å²) < 4.78 is 94.5. The fraction of sp³-hybridized carbons (Fsp3) is 0.158. The van der Waals surface area contributed by atoms with Gasteiger partial charge in [-0.25, -0.2) is 9.59 Å². The molecule has 6 nitrogen and oxygen atoms in total. The van der Waals surface area contributed by atoms with Crippen LogP contribution in [0.1, 0.15) is 43.0 Å². The second kappa shape index (κ2) is 6.15. The van der Waals surface area contributed by atoms with Crippen LogP contribution in [0.3, 0.4) is 0 Å². The van der Waals surface area contributed by atoms with Gasteiger partial charge in [0.1, 0.15) is 0 Å². The fourth-order valence-electron chi connectivity index (χ4n) is 3.68. The van der Waals surface area contributed by atoms with Crippen molar-refractivity contribution in [2.24, 2.45) is 0 Å². The van der Waals surface area contributed by atoms with Crippen LogP contribution in [0.15, 0.2) is 36.4 Å². The molecule has 31 heavy (non-hydrogen) atoms. The Balaban J connectivity index is 2.06. The van der Waals surface area contributed by atoms with E-state index in [2.05, 4.69) is 9.47 Å². The normalized spacial score (nSPS) is 16.2. The Morgan fingerprint density at radius 2 is 0.968 bits per heavy atom. The maximum atomic E-state index is 14.3. The molecule has 0 fully saturated rings. The summed E-state index contributed by atoms with van der Waals surface area (Å²) in [6.07, 6.45) is -11.9. The van der Waals surface area contributed by atoms with E-state index in [0.29, 0.717) is 24.3 Å². The summed E-state index contributed by atoms with van der Waals surface area (Å²) in [6, 6.07) is 3.30. The Labute approximate surface area is 168 Å². The molecular formula is C19H8F6N2O4. The van der Waals surface area contributed by atoms with Gasteiger partial charge in [-0.1, -0.05) is 12.1 Å². The van der Waals surface area contributed by atoms with E-state index in [4.69, 9.17) is 10.8 Å². The number of carbonyl (C=O) groups is 2. The molecule has 2 aromatic carbocycles. The standard InChI is InChI=1S/C19H8F6N2O4/c20-18(21,22)17(19(23,24)25,7-1-3-9-11(5-7)15(28)30-13(9)26)8-2-4-10-12(6-8)16(29)31-14(10)27/h1-6,26-27H. The summed E-state index contributed by atoms with van der Waals surface area (Å²) in [6.45, 7) is 0. The minimum absolute atomic E-state index is 0.252. The molecule has 2 N–H and O–H groups in total. The molecule has 0 amide bonds. The number of cyclic esters (lactones) is 2. The van der Waals surface area contributed by atoms with Crippen molar-refractivity contribution in [3.05, 3.63) is 69.8 Å². The molecule has 12 heteroatoms. The maximum Gasteiger partial charge on any atom is 0.411 e. The van der Waals surface area contributed by atoms with Crippen molar-refractivity contribution in [3.8, 4) is 0 Å². The van der Waals surface area contributed by atoms with Crippen molar-refractivity contribution in [2.75, 3.05) is 0 Å². The molecule has 4 rings (SSSR count). The number of hydrogen-bond acceptors (Lipinski definition) is 6. The molecule has 0 unspecified atom stereocenters. The number of benzene rings is 2. The molecule has 160 valence electrons. The van der Waals surface area contributed by atoms with E-state index in [9.17, 15) is 35.9 Å². The van der Waals surface area contributed by atoms with Gasteiger partial charge in [-0.3, -0.25) is 10.8 Å². The van der Waals surface area contributed by atoms with Crippen LogP contribution < -0.4 is 0 Å². The minimum atomic E-state index is -5.96. The highest BCUT2D eigenvalue weighted by atomic mass is 19.4. The summed E-state index contributed by atoms with van der Waals surface area (Å²) in [5, 5.41) is 14.9. The van der Waals surface area contributed by atoms with E-state index in [-0.39, 0.29) is 11.1 Å². The van der Waals surface area contributed by atoms with Gasteiger partial charge in [0.2, 0.25) is 17.2 Å².